The third-order valence-corrected chi connectivity index (χ3v) is 3.23. The number of nitrogens with zero attached hydrogens (tertiary/aromatic N) is 3. The van der Waals surface area contributed by atoms with Gasteiger partial charge in [-0.1, -0.05) is 13.8 Å². The zero-order chi connectivity index (χ0) is 12.1. The monoisotopic (exact) mass is 250 g/mol. The van der Waals surface area contributed by atoms with Crippen molar-refractivity contribution in [3.8, 4) is 0 Å². The number of nitrogens with one attached hydrogen (secondary N) is 1. The van der Waals surface area contributed by atoms with Crippen molar-refractivity contribution in [3.63, 3.8) is 0 Å². The summed E-state index contributed by atoms with van der Waals surface area (Å²) >= 11 is 1.62. The van der Waals surface area contributed by atoms with Crippen LogP contribution in [0.25, 0.3) is 0 Å². The third-order valence-electron chi connectivity index (χ3n) is 2.63. The first-order valence-electron chi connectivity index (χ1n) is 5.99. The number of aromatic nitrogens is 3. The Hall–Kier alpha value is -1.20. The summed E-state index contributed by atoms with van der Waals surface area (Å²) in [6.45, 7) is 6.18. The molecule has 0 aliphatic heterocycles. The number of rotatable bonds is 6. The fourth-order valence-corrected chi connectivity index (χ4v) is 2.49. The summed E-state index contributed by atoms with van der Waals surface area (Å²) < 4.78 is 2.20. The molecule has 0 fully saturated rings. The Morgan fingerprint density at radius 3 is 2.94 bits per heavy atom. The minimum Gasteiger partial charge on any atom is -0.333 e. The summed E-state index contributed by atoms with van der Waals surface area (Å²) in [6, 6.07) is 0.104. The van der Waals surface area contributed by atoms with Crippen LogP contribution in [0.3, 0.4) is 0 Å². The molecule has 4 nitrogen and oxygen atoms in total. The molecule has 92 valence electrons. The van der Waals surface area contributed by atoms with Gasteiger partial charge in [-0.3, -0.25) is 0 Å². The van der Waals surface area contributed by atoms with Crippen molar-refractivity contribution in [1.29, 1.82) is 0 Å². The van der Waals surface area contributed by atoms with Gasteiger partial charge < -0.3 is 9.88 Å². The molecule has 1 atom stereocenters. The van der Waals surface area contributed by atoms with Gasteiger partial charge in [-0.15, -0.1) is 11.3 Å². The van der Waals surface area contributed by atoms with Gasteiger partial charge >= 0.3 is 0 Å². The van der Waals surface area contributed by atoms with E-state index in [1.165, 1.54) is 0 Å². The first-order valence-corrected chi connectivity index (χ1v) is 6.93. The van der Waals surface area contributed by atoms with E-state index in [2.05, 4.69) is 39.1 Å². The Morgan fingerprint density at radius 1 is 1.41 bits per heavy atom. The molecule has 5 heteroatoms. The summed E-state index contributed by atoms with van der Waals surface area (Å²) in [5.74, 6) is 1.06. The molecular weight excluding hydrogens is 232 g/mol. The van der Waals surface area contributed by atoms with E-state index < -0.39 is 0 Å². The zero-order valence-electron chi connectivity index (χ0n) is 10.3. The molecule has 0 radical (unpaired) electrons. The summed E-state index contributed by atoms with van der Waals surface area (Å²) in [5.41, 5.74) is 2.92. The first-order chi connectivity index (χ1) is 8.36. The van der Waals surface area contributed by atoms with Gasteiger partial charge in [0.15, 0.2) is 0 Å². The predicted molar refractivity (Wildman–Crippen MR) is 70.2 cm³/mol. The van der Waals surface area contributed by atoms with Crippen LogP contribution in [0.1, 0.15) is 37.8 Å². The Morgan fingerprint density at radius 2 is 2.29 bits per heavy atom. The second kappa shape index (κ2) is 5.93. The lowest BCUT2D eigenvalue weighted by Gasteiger charge is -2.17. The molecule has 2 aromatic rings. The number of imidazole rings is 1. The van der Waals surface area contributed by atoms with E-state index in [1.807, 2.05) is 17.9 Å². The van der Waals surface area contributed by atoms with Gasteiger partial charge in [0.25, 0.3) is 0 Å². The van der Waals surface area contributed by atoms with Crippen LogP contribution in [0.15, 0.2) is 23.3 Å². The first kappa shape index (κ1) is 12.3. The summed E-state index contributed by atoms with van der Waals surface area (Å²) in [4.78, 5) is 8.87. The van der Waals surface area contributed by atoms with Crippen molar-refractivity contribution in [1.82, 2.24) is 19.9 Å². The van der Waals surface area contributed by atoms with Gasteiger partial charge in [0, 0.05) is 24.3 Å². The maximum Gasteiger partial charge on any atom is 0.132 e. The summed E-state index contributed by atoms with van der Waals surface area (Å²) in [6.07, 6.45) is 5.01. The predicted octanol–water partition coefficient (Wildman–Crippen LogP) is 2.45. The lowest BCUT2D eigenvalue weighted by atomic mass is 10.2. The summed E-state index contributed by atoms with van der Waals surface area (Å²) in [5, 5.41) is 5.53. The fraction of sp³-hybridized carbons (Fsp3) is 0.500. The molecule has 0 amide bonds. The Labute approximate surface area is 106 Å². The fourth-order valence-electron chi connectivity index (χ4n) is 1.91. The second-order valence-corrected chi connectivity index (χ2v) is 4.60. The maximum absolute atomic E-state index is 4.47. The highest BCUT2D eigenvalue weighted by Crippen LogP contribution is 2.20. The molecule has 0 saturated carbocycles. The number of hydrogen-bond acceptors (Lipinski definition) is 4. The van der Waals surface area contributed by atoms with E-state index in [-0.39, 0.29) is 6.04 Å². The molecule has 2 aromatic heterocycles. The number of aryl methyl sites for hydroxylation is 1. The smallest absolute Gasteiger partial charge is 0.132 e. The lowest BCUT2D eigenvalue weighted by Crippen LogP contribution is -2.25. The molecule has 0 aliphatic carbocycles. The highest BCUT2D eigenvalue weighted by Gasteiger charge is 2.19. The van der Waals surface area contributed by atoms with Crippen LogP contribution in [0.4, 0.5) is 0 Å². The summed E-state index contributed by atoms with van der Waals surface area (Å²) in [7, 11) is 0. The van der Waals surface area contributed by atoms with Crippen LogP contribution in [-0.4, -0.2) is 21.1 Å². The minimum atomic E-state index is 0.104. The Kier molecular flexibility index (Phi) is 4.28. The van der Waals surface area contributed by atoms with Gasteiger partial charge in [0.05, 0.1) is 11.2 Å². The number of hydrogen-bond donors (Lipinski definition) is 1. The van der Waals surface area contributed by atoms with Gasteiger partial charge in [-0.25, -0.2) is 9.97 Å². The maximum atomic E-state index is 4.47. The standard InChI is InChI=1S/C12H18N4S/c1-3-6-16-7-5-14-12(16)11(13-4-2)10-8-17-9-15-10/h5,7-9,11,13H,3-4,6H2,1-2H3. The number of thiazole rings is 1. The molecule has 1 unspecified atom stereocenters. The molecule has 2 heterocycles. The largest absolute Gasteiger partial charge is 0.333 e. The zero-order valence-corrected chi connectivity index (χ0v) is 11.1. The topological polar surface area (TPSA) is 42.7 Å². The van der Waals surface area contributed by atoms with Crippen LogP contribution in [0.5, 0.6) is 0 Å². The Balaban J connectivity index is 2.29. The molecule has 0 saturated heterocycles. The minimum absolute atomic E-state index is 0.104. The van der Waals surface area contributed by atoms with Crippen LogP contribution in [-0.2, 0) is 6.54 Å². The normalized spacial score (nSPS) is 12.8. The van der Waals surface area contributed by atoms with E-state index >= 15 is 0 Å². The van der Waals surface area contributed by atoms with Crippen LogP contribution >= 0.6 is 11.3 Å². The van der Waals surface area contributed by atoms with Crippen LogP contribution in [0, 0.1) is 0 Å². The third kappa shape index (κ3) is 2.73. The molecule has 0 aromatic carbocycles. The van der Waals surface area contributed by atoms with Crippen molar-refractivity contribution in [2.45, 2.75) is 32.9 Å². The highest BCUT2D eigenvalue weighted by molar-refractivity contribution is 7.07. The Bertz CT molecular complexity index is 435. The molecule has 0 bridgehead atoms. The van der Waals surface area contributed by atoms with Crippen molar-refractivity contribution in [2.24, 2.45) is 0 Å². The second-order valence-electron chi connectivity index (χ2n) is 3.88. The van der Waals surface area contributed by atoms with Crippen molar-refractivity contribution in [3.05, 3.63) is 34.8 Å². The van der Waals surface area contributed by atoms with Crippen molar-refractivity contribution in [2.75, 3.05) is 6.54 Å². The van der Waals surface area contributed by atoms with Crippen molar-refractivity contribution >= 4 is 11.3 Å². The van der Waals surface area contributed by atoms with Gasteiger partial charge in [0.2, 0.25) is 0 Å². The van der Waals surface area contributed by atoms with E-state index in [9.17, 15) is 0 Å². The average Bonchev–Trinajstić information content (AvgIpc) is 2.97. The van der Waals surface area contributed by atoms with E-state index in [0.717, 1.165) is 31.0 Å². The van der Waals surface area contributed by atoms with Crippen LogP contribution < -0.4 is 5.32 Å². The average molecular weight is 250 g/mol. The van der Waals surface area contributed by atoms with Crippen molar-refractivity contribution < 1.29 is 0 Å². The molecule has 1 N–H and O–H groups in total. The van der Waals surface area contributed by atoms with E-state index in [4.69, 9.17) is 0 Å². The van der Waals surface area contributed by atoms with E-state index in [0.29, 0.717) is 0 Å². The molecule has 17 heavy (non-hydrogen) atoms. The molecule has 2 rings (SSSR count). The van der Waals surface area contributed by atoms with Gasteiger partial charge in [-0.2, -0.15) is 0 Å². The van der Waals surface area contributed by atoms with Gasteiger partial charge in [0.1, 0.15) is 11.9 Å². The highest BCUT2D eigenvalue weighted by atomic mass is 32.1. The van der Waals surface area contributed by atoms with Crippen LogP contribution in [0.2, 0.25) is 0 Å². The van der Waals surface area contributed by atoms with E-state index in [1.54, 1.807) is 11.3 Å². The molecule has 0 aliphatic rings. The van der Waals surface area contributed by atoms with Gasteiger partial charge in [-0.05, 0) is 13.0 Å². The quantitative estimate of drug-likeness (QED) is 0.856. The molecular formula is C12H18N4S. The lowest BCUT2D eigenvalue weighted by molar-refractivity contribution is 0.537. The SMILES string of the molecule is CCCn1ccnc1C(NCC)c1cscn1. The molecule has 0 spiro atoms.